The number of rotatable bonds is 4. The maximum absolute atomic E-state index is 6.35. The molecule has 0 spiro atoms. The van der Waals surface area contributed by atoms with Gasteiger partial charge in [-0.3, -0.25) is 0 Å². The van der Waals surface area contributed by atoms with Gasteiger partial charge in [0.05, 0.1) is 10.7 Å². The number of hydrogen-bond acceptors (Lipinski definition) is 4. The molecular formula is C18H23ClN4. The van der Waals surface area contributed by atoms with E-state index in [4.69, 9.17) is 11.6 Å². The van der Waals surface area contributed by atoms with Gasteiger partial charge >= 0.3 is 0 Å². The smallest absolute Gasteiger partial charge is 0.229 e. The van der Waals surface area contributed by atoms with Crippen LogP contribution < -0.4 is 10.6 Å². The molecule has 1 aliphatic rings. The predicted molar refractivity (Wildman–Crippen MR) is 96.7 cm³/mol. The fraction of sp³-hybridized carbons (Fsp3) is 0.444. The van der Waals surface area contributed by atoms with Gasteiger partial charge in [0.2, 0.25) is 5.95 Å². The van der Waals surface area contributed by atoms with Crippen molar-refractivity contribution in [2.45, 2.75) is 52.0 Å². The zero-order valence-electron chi connectivity index (χ0n) is 13.7. The van der Waals surface area contributed by atoms with Crippen LogP contribution in [-0.2, 0) is 0 Å². The first-order valence-corrected chi connectivity index (χ1v) is 8.63. The van der Waals surface area contributed by atoms with Crippen LogP contribution in [0.15, 0.2) is 24.4 Å². The van der Waals surface area contributed by atoms with Gasteiger partial charge in [0.15, 0.2) is 0 Å². The highest BCUT2D eigenvalue weighted by Gasteiger charge is 2.14. The van der Waals surface area contributed by atoms with E-state index in [0.717, 1.165) is 22.6 Å². The van der Waals surface area contributed by atoms with Gasteiger partial charge in [-0.1, -0.05) is 36.9 Å². The monoisotopic (exact) mass is 330 g/mol. The Hall–Kier alpha value is -1.81. The van der Waals surface area contributed by atoms with Gasteiger partial charge in [-0.05, 0) is 49.9 Å². The minimum Gasteiger partial charge on any atom is -0.367 e. The van der Waals surface area contributed by atoms with Crippen molar-refractivity contribution in [1.82, 2.24) is 9.97 Å². The van der Waals surface area contributed by atoms with Crippen LogP contribution in [-0.4, -0.2) is 16.0 Å². The molecule has 0 saturated heterocycles. The number of nitrogens with zero attached hydrogens (tertiary/aromatic N) is 2. The van der Waals surface area contributed by atoms with Crippen LogP contribution in [0.1, 0.15) is 43.2 Å². The summed E-state index contributed by atoms with van der Waals surface area (Å²) >= 11 is 6.35. The van der Waals surface area contributed by atoms with Crippen molar-refractivity contribution in [3.05, 3.63) is 40.5 Å². The number of benzene rings is 1. The molecule has 23 heavy (non-hydrogen) atoms. The lowest BCUT2D eigenvalue weighted by atomic mass is 9.95. The summed E-state index contributed by atoms with van der Waals surface area (Å²) in [5.41, 5.74) is 3.10. The first-order valence-electron chi connectivity index (χ1n) is 8.25. The van der Waals surface area contributed by atoms with E-state index in [1.807, 2.05) is 26.0 Å². The molecule has 1 saturated carbocycles. The maximum Gasteiger partial charge on any atom is 0.229 e. The van der Waals surface area contributed by atoms with Crippen LogP contribution in [0.2, 0.25) is 5.02 Å². The summed E-state index contributed by atoms with van der Waals surface area (Å²) in [6.45, 7) is 4.07. The van der Waals surface area contributed by atoms with E-state index >= 15 is 0 Å². The van der Waals surface area contributed by atoms with Crippen LogP contribution in [0.25, 0.3) is 0 Å². The van der Waals surface area contributed by atoms with Gasteiger partial charge in [-0.2, -0.15) is 4.98 Å². The minimum absolute atomic E-state index is 0.524. The third-order valence-corrected chi connectivity index (χ3v) is 4.58. The SMILES string of the molecule is Cc1cc(C)c(Nc2nccc(NC3CCCCC3)n2)c(Cl)c1. The average molecular weight is 331 g/mol. The molecule has 3 rings (SSSR count). The summed E-state index contributed by atoms with van der Waals surface area (Å²) in [6.07, 6.45) is 8.15. The van der Waals surface area contributed by atoms with Gasteiger partial charge in [0.25, 0.3) is 0 Å². The van der Waals surface area contributed by atoms with Crippen molar-refractivity contribution in [3.8, 4) is 0 Å². The van der Waals surface area contributed by atoms with E-state index in [0.29, 0.717) is 17.0 Å². The molecule has 0 amide bonds. The number of aryl methyl sites for hydroxylation is 2. The predicted octanol–water partition coefficient (Wildman–Crippen LogP) is 5.24. The molecule has 4 nitrogen and oxygen atoms in total. The molecule has 0 radical (unpaired) electrons. The third-order valence-electron chi connectivity index (χ3n) is 4.28. The van der Waals surface area contributed by atoms with Gasteiger partial charge in [-0.15, -0.1) is 0 Å². The molecule has 2 aromatic rings. The summed E-state index contributed by atoms with van der Waals surface area (Å²) in [7, 11) is 0. The first-order chi connectivity index (χ1) is 11.1. The molecule has 1 heterocycles. The van der Waals surface area contributed by atoms with Gasteiger partial charge in [-0.25, -0.2) is 4.98 Å². The molecule has 122 valence electrons. The number of hydrogen-bond donors (Lipinski definition) is 2. The topological polar surface area (TPSA) is 49.8 Å². The second-order valence-electron chi connectivity index (χ2n) is 6.31. The Labute approximate surface area is 142 Å². The van der Waals surface area contributed by atoms with Crippen LogP contribution in [0.4, 0.5) is 17.5 Å². The van der Waals surface area contributed by atoms with Crippen molar-refractivity contribution in [2.24, 2.45) is 0 Å². The van der Waals surface area contributed by atoms with Crippen molar-refractivity contribution in [2.75, 3.05) is 10.6 Å². The molecule has 0 unspecified atom stereocenters. The van der Waals surface area contributed by atoms with E-state index in [-0.39, 0.29) is 0 Å². The molecule has 5 heteroatoms. The first kappa shape index (κ1) is 16.1. The summed E-state index contributed by atoms with van der Waals surface area (Å²) in [5, 5.41) is 7.46. The van der Waals surface area contributed by atoms with E-state index in [9.17, 15) is 0 Å². The van der Waals surface area contributed by atoms with E-state index in [1.165, 1.54) is 32.1 Å². The number of halogens is 1. The molecule has 0 bridgehead atoms. The number of aromatic nitrogens is 2. The summed E-state index contributed by atoms with van der Waals surface area (Å²) in [5.74, 6) is 1.44. The minimum atomic E-state index is 0.524. The Balaban J connectivity index is 1.75. The van der Waals surface area contributed by atoms with E-state index < -0.39 is 0 Å². The van der Waals surface area contributed by atoms with Gasteiger partial charge in [0.1, 0.15) is 5.82 Å². The number of nitrogens with one attached hydrogen (secondary N) is 2. The summed E-state index contributed by atoms with van der Waals surface area (Å²) in [6, 6.07) is 6.49. The fourth-order valence-electron chi connectivity index (χ4n) is 3.14. The highest BCUT2D eigenvalue weighted by atomic mass is 35.5. The zero-order valence-corrected chi connectivity index (χ0v) is 14.5. The van der Waals surface area contributed by atoms with E-state index in [1.54, 1.807) is 6.20 Å². The molecule has 0 aliphatic heterocycles. The molecule has 1 aliphatic carbocycles. The number of anilines is 3. The molecule has 1 aromatic heterocycles. The lowest BCUT2D eigenvalue weighted by Crippen LogP contribution is -2.23. The van der Waals surface area contributed by atoms with Crippen molar-refractivity contribution in [3.63, 3.8) is 0 Å². The summed E-state index contributed by atoms with van der Waals surface area (Å²) in [4.78, 5) is 8.89. The lowest BCUT2D eigenvalue weighted by molar-refractivity contribution is 0.462. The fourth-order valence-corrected chi connectivity index (χ4v) is 3.51. The average Bonchev–Trinajstić information content (AvgIpc) is 2.52. The van der Waals surface area contributed by atoms with Gasteiger partial charge < -0.3 is 10.6 Å². The molecular weight excluding hydrogens is 308 g/mol. The maximum atomic E-state index is 6.35. The van der Waals surface area contributed by atoms with E-state index in [2.05, 4.69) is 26.7 Å². The quantitative estimate of drug-likeness (QED) is 0.805. The highest BCUT2D eigenvalue weighted by molar-refractivity contribution is 6.33. The Kier molecular flexibility index (Phi) is 5.01. The second-order valence-corrected chi connectivity index (χ2v) is 6.72. The molecule has 2 N–H and O–H groups in total. The summed E-state index contributed by atoms with van der Waals surface area (Å²) < 4.78 is 0. The Morgan fingerprint density at radius 3 is 2.65 bits per heavy atom. The largest absolute Gasteiger partial charge is 0.367 e. The van der Waals surface area contributed by atoms with Gasteiger partial charge in [0, 0.05) is 12.2 Å². The van der Waals surface area contributed by atoms with Crippen molar-refractivity contribution >= 4 is 29.1 Å². The van der Waals surface area contributed by atoms with Crippen LogP contribution in [0.5, 0.6) is 0 Å². The molecule has 0 atom stereocenters. The third kappa shape index (κ3) is 4.14. The Morgan fingerprint density at radius 1 is 1.13 bits per heavy atom. The standard InChI is InChI=1S/C18H23ClN4/c1-12-10-13(2)17(15(19)11-12)23-18-20-9-8-16(22-18)21-14-6-4-3-5-7-14/h8-11,14H,3-7H2,1-2H3,(H2,20,21,22,23). The Morgan fingerprint density at radius 2 is 1.91 bits per heavy atom. The lowest BCUT2D eigenvalue weighted by Gasteiger charge is -2.23. The second kappa shape index (κ2) is 7.18. The van der Waals surface area contributed by atoms with Crippen molar-refractivity contribution in [1.29, 1.82) is 0 Å². The van der Waals surface area contributed by atoms with Crippen LogP contribution >= 0.6 is 11.6 Å². The normalized spacial score (nSPS) is 15.4. The molecule has 1 aromatic carbocycles. The zero-order chi connectivity index (χ0) is 16.2. The van der Waals surface area contributed by atoms with Crippen molar-refractivity contribution < 1.29 is 0 Å². The Bertz CT molecular complexity index is 657. The van der Waals surface area contributed by atoms with Crippen LogP contribution in [0.3, 0.4) is 0 Å². The van der Waals surface area contributed by atoms with Crippen LogP contribution in [0, 0.1) is 13.8 Å². The molecule has 1 fully saturated rings. The highest BCUT2D eigenvalue weighted by Crippen LogP contribution is 2.29.